The number of ether oxygens (including phenoxy) is 4. The molecule has 0 radical (unpaired) electrons. The summed E-state index contributed by atoms with van der Waals surface area (Å²) in [5, 5.41) is 0. The van der Waals surface area contributed by atoms with Gasteiger partial charge in [-0.3, -0.25) is 0 Å². The van der Waals surface area contributed by atoms with E-state index in [4.69, 9.17) is 18.9 Å². The van der Waals surface area contributed by atoms with E-state index in [1.54, 1.807) is 45.9 Å². The van der Waals surface area contributed by atoms with Crippen LogP contribution in [0.25, 0.3) is 22.4 Å². The Hall–Kier alpha value is -3.13. The second kappa shape index (κ2) is 7.40. The lowest BCUT2D eigenvalue weighted by molar-refractivity contribution is -0.116. The van der Waals surface area contributed by atoms with Crippen LogP contribution in [-0.4, -0.2) is 49.7 Å². The van der Waals surface area contributed by atoms with Crippen LogP contribution in [0.15, 0.2) is 24.5 Å². The number of aldehydes is 1. The van der Waals surface area contributed by atoms with E-state index < -0.39 is 6.10 Å². The van der Waals surface area contributed by atoms with Crippen molar-refractivity contribution >= 4 is 17.5 Å². The summed E-state index contributed by atoms with van der Waals surface area (Å²) in [6.07, 6.45) is 3.31. The fraction of sp³-hybridized carbons (Fsp3) is 0.278. The smallest absolute Gasteiger partial charge is 0.203 e. The minimum atomic E-state index is -0.715. The molecule has 8 nitrogen and oxygen atoms in total. The largest absolute Gasteiger partial charge is 0.493 e. The molecule has 26 heavy (non-hydrogen) atoms. The lowest BCUT2D eigenvalue weighted by Gasteiger charge is -2.14. The number of nitrogens with one attached hydrogen (secondary N) is 1. The molecule has 0 saturated carbocycles. The maximum atomic E-state index is 11.2. The zero-order valence-electron chi connectivity index (χ0n) is 14.9. The van der Waals surface area contributed by atoms with Crippen molar-refractivity contribution in [1.29, 1.82) is 0 Å². The Morgan fingerprint density at radius 1 is 1.08 bits per heavy atom. The van der Waals surface area contributed by atoms with Crippen molar-refractivity contribution in [2.45, 2.75) is 6.10 Å². The van der Waals surface area contributed by atoms with E-state index in [2.05, 4.69) is 15.0 Å². The highest BCUT2D eigenvalue weighted by Gasteiger charge is 2.19. The Kier molecular flexibility index (Phi) is 5.04. The molecule has 0 aliphatic carbocycles. The molecule has 1 aromatic carbocycles. The van der Waals surface area contributed by atoms with Crippen LogP contribution in [0.1, 0.15) is 11.7 Å². The molecule has 0 aliphatic rings. The number of benzene rings is 1. The van der Waals surface area contributed by atoms with Crippen LogP contribution in [0, 0.1) is 0 Å². The Labute approximate surface area is 150 Å². The maximum Gasteiger partial charge on any atom is 0.203 e. The number of H-pyrrole nitrogens is 1. The van der Waals surface area contributed by atoms with E-state index >= 15 is 0 Å². The molecule has 136 valence electrons. The zero-order valence-corrected chi connectivity index (χ0v) is 14.9. The van der Waals surface area contributed by atoms with Crippen molar-refractivity contribution in [3.63, 3.8) is 0 Å². The van der Waals surface area contributed by atoms with E-state index in [0.717, 1.165) is 11.8 Å². The van der Waals surface area contributed by atoms with Crippen molar-refractivity contribution in [2.24, 2.45) is 0 Å². The number of fused-ring (bicyclic) bond motifs is 1. The molecule has 2 heterocycles. The van der Waals surface area contributed by atoms with Gasteiger partial charge in [0, 0.05) is 24.4 Å². The molecule has 0 fully saturated rings. The molecular formula is C18H19N3O5. The van der Waals surface area contributed by atoms with Gasteiger partial charge in [0.2, 0.25) is 5.75 Å². The molecule has 3 aromatic rings. The van der Waals surface area contributed by atoms with Gasteiger partial charge in [0.25, 0.3) is 0 Å². The third-order valence-corrected chi connectivity index (χ3v) is 4.05. The second-order valence-electron chi connectivity index (χ2n) is 5.40. The standard InChI is InChI=1S/C18H19N3O5/c1-23-13-5-10(6-14(24-2)17(13)26-4)12-8-20-18-16(21-12)11(7-19-18)15(9-22)25-3/h5-9,15H,1-4H3,(H,19,20). The van der Waals surface area contributed by atoms with E-state index in [9.17, 15) is 4.79 Å². The predicted molar refractivity (Wildman–Crippen MR) is 94.8 cm³/mol. The summed E-state index contributed by atoms with van der Waals surface area (Å²) >= 11 is 0. The predicted octanol–water partition coefficient (Wildman–Crippen LogP) is 2.54. The van der Waals surface area contributed by atoms with Gasteiger partial charge in [-0.1, -0.05) is 0 Å². The van der Waals surface area contributed by atoms with Gasteiger partial charge < -0.3 is 28.7 Å². The molecule has 3 rings (SSSR count). The van der Waals surface area contributed by atoms with Gasteiger partial charge in [-0.05, 0) is 12.1 Å². The summed E-state index contributed by atoms with van der Waals surface area (Å²) in [6, 6.07) is 3.58. The number of aromatic amines is 1. The lowest BCUT2D eigenvalue weighted by atomic mass is 10.1. The molecule has 0 amide bonds. The summed E-state index contributed by atoms with van der Waals surface area (Å²) in [6.45, 7) is 0. The average Bonchev–Trinajstić information content (AvgIpc) is 3.11. The Balaban J connectivity index is 2.16. The minimum Gasteiger partial charge on any atom is -0.493 e. The number of methoxy groups -OCH3 is 4. The molecule has 8 heteroatoms. The van der Waals surface area contributed by atoms with Crippen LogP contribution in [-0.2, 0) is 9.53 Å². The van der Waals surface area contributed by atoms with Gasteiger partial charge in [-0.2, -0.15) is 0 Å². The first-order valence-electron chi connectivity index (χ1n) is 7.79. The van der Waals surface area contributed by atoms with Crippen molar-refractivity contribution in [3.8, 4) is 28.5 Å². The van der Waals surface area contributed by atoms with Crippen LogP contribution in [0.3, 0.4) is 0 Å². The number of rotatable bonds is 7. The van der Waals surface area contributed by atoms with Gasteiger partial charge in [0.1, 0.15) is 11.6 Å². The first-order valence-corrected chi connectivity index (χ1v) is 7.79. The topological polar surface area (TPSA) is 95.6 Å². The average molecular weight is 357 g/mol. The van der Waals surface area contributed by atoms with Crippen LogP contribution in [0.4, 0.5) is 0 Å². The van der Waals surface area contributed by atoms with Crippen molar-refractivity contribution < 1.29 is 23.7 Å². The number of hydrogen-bond donors (Lipinski definition) is 1. The molecule has 0 aliphatic heterocycles. The fourth-order valence-corrected chi connectivity index (χ4v) is 2.75. The Morgan fingerprint density at radius 2 is 1.77 bits per heavy atom. The van der Waals surface area contributed by atoms with Crippen molar-refractivity contribution in [2.75, 3.05) is 28.4 Å². The normalized spacial score (nSPS) is 12.0. The van der Waals surface area contributed by atoms with E-state index in [0.29, 0.717) is 39.7 Å². The van der Waals surface area contributed by atoms with Gasteiger partial charge in [0.15, 0.2) is 23.4 Å². The quantitative estimate of drug-likeness (QED) is 0.649. The van der Waals surface area contributed by atoms with Crippen molar-refractivity contribution in [3.05, 3.63) is 30.1 Å². The molecule has 1 unspecified atom stereocenters. The number of carbonyl (C=O) groups excluding carboxylic acids is 1. The number of carbonyl (C=O) groups is 1. The summed E-state index contributed by atoms with van der Waals surface area (Å²) in [4.78, 5) is 23.3. The summed E-state index contributed by atoms with van der Waals surface area (Å²) in [5.41, 5.74) is 3.09. The highest BCUT2D eigenvalue weighted by atomic mass is 16.5. The number of hydrogen-bond acceptors (Lipinski definition) is 7. The first kappa shape index (κ1) is 17.7. The zero-order chi connectivity index (χ0) is 18.7. The molecule has 0 spiro atoms. The molecule has 1 atom stereocenters. The molecule has 1 N–H and O–H groups in total. The molecular weight excluding hydrogens is 338 g/mol. The molecule has 0 bridgehead atoms. The number of aromatic nitrogens is 3. The highest BCUT2D eigenvalue weighted by Crippen LogP contribution is 2.41. The van der Waals surface area contributed by atoms with E-state index in [1.165, 1.54) is 7.11 Å². The van der Waals surface area contributed by atoms with Gasteiger partial charge in [0.05, 0.1) is 33.2 Å². The molecule has 0 saturated heterocycles. The first-order chi connectivity index (χ1) is 12.7. The summed E-state index contributed by atoms with van der Waals surface area (Å²) in [7, 11) is 6.11. The SMILES string of the molecule is COc1cc(-c2cnc3[nH]cc(C(C=O)OC)c3n2)cc(OC)c1OC. The van der Waals surface area contributed by atoms with Gasteiger partial charge >= 0.3 is 0 Å². The van der Waals surface area contributed by atoms with E-state index in [-0.39, 0.29) is 0 Å². The van der Waals surface area contributed by atoms with Gasteiger partial charge in [-0.15, -0.1) is 0 Å². The highest BCUT2D eigenvalue weighted by molar-refractivity contribution is 5.82. The Bertz CT molecular complexity index is 913. The third-order valence-electron chi connectivity index (χ3n) is 4.05. The Morgan fingerprint density at radius 3 is 2.31 bits per heavy atom. The summed E-state index contributed by atoms with van der Waals surface area (Å²) < 4.78 is 21.3. The van der Waals surface area contributed by atoms with Crippen LogP contribution >= 0.6 is 0 Å². The van der Waals surface area contributed by atoms with Crippen LogP contribution in [0.5, 0.6) is 17.2 Å². The van der Waals surface area contributed by atoms with Crippen molar-refractivity contribution in [1.82, 2.24) is 15.0 Å². The van der Waals surface area contributed by atoms with E-state index in [1.807, 2.05) is 0 Å². The number of nitrogens with zero attached hydrogens (tertiary/aromatic N) is 2. The fourth-order valence-electron chi connectivity index (χ4n) is 2.75. The second-order valence-corrected chi connectivity index (χ2v) is 5.40. The monoisotopic (exact) mass is 357 g/mol. The van der Waals surface area contributed by atoms with Gasteiger partial charge in [-0.25, -0.2) is 9.97 Å². The third kappa shape index (κ3) is 2.95. The lowest BCUT2D eigenvalue weighted by Crippen LogP contribution is -2.02. The molecule has 2 aromatic heterocycles. The maximum absolute atomic E-state index is 11.2. The minimum absolute atomic E-state index is 0.496. The summed E-state index contributed by atoms with van der Waals surface area (Å²) in [5.74, 6) is 1.52. The van der Waals surface area contributed by atoms with Crippen LogP contribution < -0.4 is 14.2 Å². The van der Waals surface area contributed by atoms with Crippen LogP contribution in [0.2, 0.25) is 0 Å².